The van der Waals surface area contributed by atoms with Gasteiger partial charge in [-0.05, 0) is 103 Å². The van der Waals surface area contributed by atoms with E-state index in [-0.39, 0.29) is 31.1 Å². The smallest absolute Gasteiger partial charge is 0.306 e. The van der Waals surface area contributed by atoms with Gasteiger partial charge in [-0.25, -0.2) is 0 Å². The molecule has 1 unspecified atom stereocenters. The Hall–Kier alpha value is -3.93. The fraction of sp³-hybridized carbons (Fsp3) is 0.667. The Labute approximate surface area is 425 Å². The summed E-state index contributed by atoms with van der Waals surface area (Å²) in [5.41, 5.74) is 0. The zero-order chi connectivity index (χ0) is 50.0. The molecule has 0 aromatic rings. The SMILES string of the molecule is CC\C=C/C=C\C=C/C=C\CCCCCCCC(=O)OCC(COC(=O)CCCCCCCC/C=C\C/C=C\C/C=C\C/C=C\CC)OC(=O)CCCCCCCCC/C=C\CCCCCCCC. The predicted octanol–water partition coefficient (Wildman–Crippen LogP) is 19.1. The molecular weight excluding hydrogens is 853 g/mol. The molecule has 0 radical (unpaired) electrons. The molecule has 0 fully saturated rings. The Balaban J connectivity index is 4.46. The van der Waals surface area contributed by atoms with Crippen LogP contribution in [0.15, 0.2) is 109 Å². The molecule has 0 spiro atoms. The number of ether oxygens (including phenoxy) is 3. The maximum absolute atomic E-state index is 12.9. The number of carbonyl (C=O) groups is 3. The van der Waals surface area contributed by atoms with Gasteiger partial charge in [0.1, 0.15) is 13.2 Å². The van der Waals surface area contributed by atoms with E-state index in [0.717, 1.165) is 122 Å². The van der Waals surface area contributed by atoms with E-state index < -0.39 is 6.10 Å². The summed E-state index contributed by atoms with van der Waals surface area (Å²) in [5, 5.41) is 0. The minimum absolute atomic E-state index is 0.0966. The van der Waals surface area contributed by atoms with Gasteiger partial charge in [0.15, 0.2) is 6.10 Å². The number of allylic oxidation sites excluding steroid dienone is 18. The lowest BCUT2D eigenvalue weighted by Crippen LogP contribution is -2.30. The third-order valence-corrected chi connectivity index (χ3v) is 11.8. The van der Waals surface area contributed by atoms with E-state index in [1.54, 1.807) is 0 Å². The van der Waals surface area contributed by atoms with E-state index >= 15 is 0 Å². The highest BCUT2D eigenvalue weighted by Crippen LogP contribution is 2.14. The van der Waals surface area contributed by atoms with Crippen molar-refractivity contribution in [3.05, 3.63) is 109 Å². The fourth-order valence-electron chi connectivity index (χ4n) is 7.61. The van der Waals surface area contributed by atoms with Gasteiger partial charge >= 0.3 is 17.9 Å². The minimum Gasteiger partial charge on any atom is -0.462 e. The molecule has 0 heterocycles. The van der Waals surface area contributed by atoms with Crippen molar-refractivity contribution >= 4 is 17.9 Å². The van der Waals surface area contributed by atoms with Gasteiger partial charge in [-0.3, -0.25) is 14.4 Å². The van der Waals surface area contributed by atoms with Crippen LogP contribution in [0.4, 0.5) is 0 Å². The van der Waals surface area contributed by atoms with Crippen LogP contribution < -0.4 is 0 Å². The van der Waals surface area contributed by atoms with Crippen molar-refractivity contribution in [3.8, 4) is 0 Å². The van der Waals surface area contributed by atoms with Crippen molar-refractivity contribution in [1.29, 1.82) is 0 Å². The number of carbonyl (C=O) groups excluding carboxylic acids is 3. The quantitative estimate of drug-likeness (QED) is 0.0199. The molecule has 0 rings (SSSR count). The first-order valence-electron chi connectivity index (χ1n) is 28.4. The van der Waals surface area contributed by atoms with Gasteiger partial charge in [0, 0.05) is 19.3 Å². The number of hydrogen-bond donors (Lipinski definition) is 0. The zero-order valence-corrected chi connectivity index (χ0v) is 44.8. The van der Waals surface area contributed by atoms with Gasteiger partial charge in [-0.15, -0.1) is 0 Å². The molecule has 0 saturated heterocycles. The first-order valence-corrected chi connectivity index (χ1v) is 28.4. The molecule has 0 aromatic carbocycles. The van der Waals surface area contributed by atoms with Gasteiger partial charge in [-0.2, -0.15) is 0 Å². The van der Waals surface area contributed by atoms with Crippen LogP contribution >= 0.6 is 0 Å². The van der Waals surface area contributed by atoms with Crippen molar-refractivity contribution in [3.63, 3.8) is 0 Å². The van der Waals surface area contributed by atoms with Crippen LogP contribution in [-0.2, 0) is 28.6 Å². The molecule has 0 N–H and O–H groups in total. The highest BCUT2D eigenvalue weighted by Gasteiger charge is 2.19. The van der Waals surface area contributed by atoms with E-state index in [1.807, 2.05) is 18.2 Å². The third-order valence-electron chi connectivity index (χ3n) is 11.8. The normalized spacial score (nSPS) is 12.9. The van der Waals surface area contributed by atoms with Crippen molar-refractivity contribution in [2.75, 3.05) is 13.2 Å². The fourth-order valence-corrected chi connectivity index (χ4v) is 7.61. The summed E-state index contributed by atoms with van der Waals surface area (Å²) >= 11 is 0. The summed E-state index contributed by atoms with van der Waals surface area (Å²) < 4.78 is 16.8. The number of hydrogen-bond acceptors (Lipinski definition) is 6. The number of esters is 3. The molecule has 0 aliphatic rings. The van der Waals surface area contributed by atoms with Gasteiger partial charge < -0.3 is 14.2 Å². The predicted molar refractivity (Wildman–Crippen MR) is 297 cm³/mol. The van der Waals surface area contributed by atoms with E-state index in [1.165, 1.54) is 89.9 Å². The Morgan fingerprint density at radius 3 is 1.07 bits per heavy atom. The van der Waals surface area contributed by atoms with Crippen LogP contribution in [0.5, 0.6) is 0 Å². The Bertz CT molecular complexity index is 1420. The van der Waals surface area contributed by atoms with E-state index in [2.05, 4.69) is 112 Å². The van der Waals surface area contributed by atoms with Gasteiger partial charge in [0.2, 0.25) is 0 Å². The van der Waals surface area contributed by atoms with E-state index in [9.17, 15) is 14.4 Å². The highest BCUT2D eigenvalue weighted by atomic mass is 16.6. The van der Waals surface area contributed by atoms with Gasteiger partial charge in [0.05, 0.1) is 0 Å². The van der Waals surface area contributed by atoms with Crippen molar-refractivity contribution in [1.82, 2.24) is 0 Å². The molecule has 6 nitrogen and oxygen atoms in total. The summed E-state index contributed by atoms with van der Waals surface area (Å²) in [5.74, 6) is -0.936. The second-order valence-corrected chi connectivity index (χ2v) is 18.5. The summed E-state index contributed by atoms with van der Waals surface area (Å²) in [6.45, 7) is 6.35. The molecule has 0 amide bonds. The summed E-state index contributed by atoms with van der Waals surface area (Å²) in [4.78, 5) is 38.2. The van der Waals surface area contributed by atoms with Crippen LogP contribution in [0.2, 0.25) is 0 Å². The third kappa shape index (κ3) is 54.9. The van der Waals surface area contributed by atoms with Crippen LogP contribution in [0, 0.1) is 0 Å². The monoisotopic (exact) mass is 957 g/mol. The average Bonchev–Trinajstić information content (AvgIpc) is 3.35. The Kier molecular flexibility index (Phi) is 53.4. The summed E-state index contributed by atoms with van der Waals surface area (Å²) in [6, 6.07) is 0. The average molecular weight is 958 g/mol. The molecule has 392 valence electrons. The molecule has 0 aliphatic carbocycles. The molecule has 0 aromatic heterocycles. The highest BCUT2D eigenvalue weighted by molar-refractivity contribution is 5.71. The lowest BCUT2D eigenvalue weighted by molar-refractivity contribution is -0.167. The standard InChI is InChI=1S/C63H104O6/c1-4-7-10-13-16-19-22-25-28-30-31-33-35-38-41-44-47-50-53-56-62(65)68-59-60(58-67-61(64)55-52-49-46-43-40-37-34-27-24-21-18-15-12-9-6-3)69-63(66)57-54-51-48-45-42-39-36-32-29-26-23-20-17-14-11-8-5-2/h7,9-10,12,15-16,18-19,21,24-29,31,33-34,60H,4-6,8,11,13-14,17,20,22-23,30,32,35-59H2,1-3H3/b10-7-,12-9-,18-15-,19-16-,24-21-,28-25-,29-26-,33-31-,34-27-. The molecular formula is C63H104O6. The molecule has 69 heavy (non-hydrogen) atoms. The van der Waals surface area contributed by atoms with Crippen molar-refractivity contribution < 1.29 is 28.6 Å². The second kappa shape index (κ2) is 56.7. The molecule has 1 atom stereocenters. The molecule has 0 bridgehead atoms. The molecule has 0 saturated carbocycles. The molecule has 0 aliphatic heterocycles. The number of unbranched alkanes of at least 4 members (excludes halogenated alkanes) is 24. The maximum atomic E-state index is 12.9. The van der Waals surface area contributed by atoms with Gasteiger partial charge in [-0.1, -0.05) is 239 Å². The van der Waals surface area contributed by atoms with Crippen LogP contribution in [-0.4, -0.2) is 37.2 Å². The van der Waals surface area contributed by atoms with E-state index in [0.29, 0.717) is 19.3 Å². The maximum Gasteiger partial charge on any atom is 0.306 e. The largest absolute Gasteiger partial charge is 0.462 e. The lowest BCUT2D eigenvalue weighted by atomic mass is 10.1. The zero-order valence-electron chi connectivity index (χ0n) is 44.8. The number of rotatable bonds is 50. The van der Waals surface area contributed by atoms with Crippen LogP contribution in [0.3, 0.4) is 0 Å². The van der Waals surface area contributed by atoms with Crippen molar-refractivity contribution in [2.24, 2.45) is 0 Å². The topological polar surface area (TPSA) is 78.9 Å². The lowest BCUT2D eigenvalue weighted by Gasteiger charge is -2.18. The van der Waals surface area contributed by atoms with Crippen LogP contribution in [0.1, 0.15) is 252 Å². The summed E-state index contributed by atoms with van der Waals surface area (Å²) in [6.07, 6.45) is 76.4. The van der Waals surface area contributed by atoms with Crippen LogP contribution in [0.25, 0.3) is 0 Å². The summed E-state index contributed by atoms with van der Waals surface area (Å²) in [7, 11) is 0. The van der Waals surface area contributed by atoms with E-state index in [4.69, 9.17) is 14.2 Å². The Morgan fingerprint density at radius 2 is 0.638 bits per heavy atom. The molecule has 6 heteroatoms. The van der Waals surface area contributed by atoms with Crippen molar-refractivity contribution in [2.45, 2.75) is 258 Å². The second-order valence-electron chi connectivity index (χ2n) is 18.5. The Morgan fingerprint density at radius 1 is 0.319 bits per heavy atom. The first-order chi connectivity index (χ1) is 34.0. The minimum atomic E-state index is -0.799. The van der Waals surface area contributed by atoms with Gasteiger partial charge in [0.25, 0.3) is 0 Å². The first kappa shape index (κ1) is 65.1.